The molecule has 2 rings (SSSR count). The molecule has 106 valence electrons. The zero-order valence-corrected chi connectivity index (χ0v) is 12.6. The topological polar surface area (TPSA) is 44.5 Å². The van der Waals surface area contributed by atoms with E-state index in [-0.39, 0.29) is 6.10 Å². The highest BCUT2D eigenvalue weighted by molar-refractivity contribution is 6.32. The van der Waals surface area contributed by atoms with Gasteiger partial charge in [0.2, 0.25) is 0 Å². The summed E-state index contributed by atoms with van der Waals surface area (Å²) in [7, 11) is 0. The van der Waals surface area contributed by atoms with Gasteiger partial charge in [0.05, 0.1) is 11.1 Å². The highest BCUT2D eigenvalue weighted by Gasteiger charge is 2.07. The van der Waals surface area contributed by atoms with Crippen LogP contribution in [0, 0.1) is 6.92 Å². The average molecular weight is 292 g/mol. The van der Waals surface area contributed by atoms with Gasteiger partial charge in [0.1, 0.15) is 17.2 Å². The lowest BCUT2D eigenvalue weighted by molar-refractivity contribution is 0.242. The predicted molar refractivity (Wildman–Crippen MR) is 82.9 cm³/mol. The first-order chi connectivity index (χ1) is 9.44. The van der Waals surface area contributed by atoms with Gasteiger partial charge in [-0.15, -0.1) is 0 Å². The highest BCUT2D eigenvalue weighted by atomic mass is 35.5. The van der Waals surface area contributed by atoms with Crippen LogP contribution in [-0.2, 0) is 0 Å². The Morgan fingerprint density at radius 2 is 1.75 bits per heavy atom. The van der Waals surface area contributed by atoms with Crippen molar-refractivity contribution < 1.29 is 9.47 Å². The van der Waals surface area contributed by atoms with Crippen LogP contribution in [0.1, 0.15) is 19.4 Å². The summed E-state index contributed by atoms with van der Waals surface area (Å²) in [5.41, 5.74) is 7.52. The second-order valence-electron chi connectivity index (χ2n) is 4.94. The van der Waals surface area contributed by atoms with Gasteiger partial charge in [0.25, 0.3) is 0 Å². The Bertz CT molecular complexity index is 611. The van der Waals surface area contributed by atoms with Gasteiger partial charge < -0.3 is 15.2 Å². The minimum atomic E-state index is 0.0765. The number of ether oxygens (including phenoxy) is 2. The van der Waals surface area contributed by atoms with Crippen LogP contribution >= 0.6 is 11.6 Å². The number of rotatable bonds is 4. The number of nitrogens with two attached hydrogens (primary N) is 1. The van der Waals surface area contributed by atoms with E-state index in [1.807, 2.05) is 39.0 Å². The Labute approximate surface area is 124 Å². The van der Waals surface area contributed by atoms with E-state index in [1.165, 1.54) is 0 Å². The molecule has 0 atom stereocenters. The number of aryl methyl sites for hydroxylation is 1. The zero-order valence-electron chi connectivity index (χ0n) is 11.8. The average Bonchev–Trinajstić information content (AvgIpc) is 2.31. The fourth-order valence-corrected chi connectivity index (χ4v) is 2.08. The third-order valence-corrected chi connectivity index (χ3v) is 2.88. The quantitative estimate of drug-likeness (QED) is 0.822. The molecule has 0 aromatic heterocycles. The molecule has 0 aliphatic rings. The summed E-state index contributed by atoms with van der Waals surface area (Å²) in [5, 5.41) is 0.568. The molecule has 0 amide bonds. The fourth-order valence-electron chi connectivity index (χ4n) is 1.81. The molecule has 0 aliphatic heterocycles. The van der Waals surface area contributed by atoms with Crippen LogP contribution < -0.4 is 15.2 Å². The van der Waals surface area contributed by atoms with Gasteiger partial charge in [-0.05, 0) is 38.5 Å². The molecule has 2 aromatic rings. The molecule has 0 fully saturated rings. The van der Waals surface area contributed by atoms with E-state index >= 15 is 0 Å². The first kappa shape index (κ1) is 14.5. The molecule has 4 heteroatoms. The van der Waals surface area contributed by atoms with Crippen LogP contribution in [0.15, 0.2) is 36.4 Å². The van der Waals surface area contributed by atoms with Crippen molar-refractivity contribution in [2.75, 3.05) is 5.73 Å². The normalized spacial score (nSPS) is 10.7. The molecule has 2 N–H and O–H groups in total. The minimum absolute atomic E-state index is 0.0765. The molecule has 20 heavy (non-hydrogen) atoms. The fraction of sp³-hybridized carbons (Fsp3) is 0.250. The largest absolute Gasteiger partial charge is 0.491 e. The van der Waals surface area contributed by atoms with Crippen molar-refractivity contribution in [3.8, 4) is 17.2 Å². The van der Waals surface area contributed by atoms with E-state index in [0.29, 0.717) is 28.0 Å². The van der Waals surface area contributed by atoms with Crippen LogP contribution in [0.4, 0.5) is 5.69 Å². The molecule has 0 aliphatic carbocycles. The standard InChI is InChI=1S/C16H18ClNO2/c1-10(2)19-13-7-12(18)8-14(9-13)20-16-5-4-11(3)6-15(16)17/h4-10H,18H2,1-3H3. The number of hydrogen-bond acceptors (Lipinski definition) is 3. The second-order valence-corrected chi connectivity index (χ2v) is 5.35. The predicted octanol–water partition coefficient (Wildman–Crippen LogP) is 4.81. The van der Waals surface area contributed by atoms with Gasteiger partial charge in [0, 0.05) is 23.9 Å². The maximum absolute atomic E-state index is 6.16. The summed E-state index contributed by atoms with van der Waals surface area (Å²) >= 11 is 6.16. The first-order valence-electron chi connectivity index (χ1n) is 6.45. The van der Waals surface area contributed by atoms with E-state index < -0.39 is 0 Å². The molecule has 0 heterocycles. The van der Waals surface area contributed by atoms with Gasteiger partial charge in [-0.3, -0.25) is 0 Å². The SMILES string of the molecule is Cc1ccc(Oc2cc(N)cc(OC(C)C)c2)c(Cl)c1. The van der Waals surface area contributed by atoms with Gasteiger partial charge in [0.15, 0.2) is 0 Å². The molecule has 0 radical (unpaired) electrons. The molecule has 0 unspecified atom stereocenters. The summed E-state index contributed by atoms with van der Waals surface area (Å²) in [6.07, 6.45) is 0.0765. The van der Waals surface area contributed by atoms with Gasteiger partial charge >= 0.3 is 0 Å². The maximum atomic E-state index is 6.16. The van der Waals surface area contributed by atoms with Crippen LogP contribution in [-0.4, -0.2) is 6.10 Å². The maximum Gasteiger partial charge on any atom is 0.146 e. The van der Waals surface area contributed by atoms with E-state index in [9.17, 15) is 0 Å². The summed E-state index contributed by atoms with van der Waals surface area (Å²) < 4.78 is 11.4. The Morgan fingerprint density at radius 1 is 1.05 bits per heavy atom. The lowest BCUT2D eigenvalue weighted by atomic mass is 10.2. The van der Waals surface area contributed by atoms with Crippen LogP contribution in [0.2, 0.25) is 5.02 Å². The third kappa shape index (κ3) is 3.81. The van der Waals surface area contributed by atoms with Crippen LogP contribution in [0.3, 0.4) is 0 Å². The molecule has 2 aromatic carbocycles. The van der Waals surface area contributed by atoms with Gasteiger partial charge in [-0.2, -0.15) is 0 Å². The summed E-state index contributed by atoms with van der Waals surface area (Å²) in [6, 6.07) is 10.9. The van der Waals surface area contributed by atoms with Crippen molar-refractivity contribution in [3.63, 3.8) is 0 Å². The molecule has 0 saturated heterocycles. The van der Waals surface area contributed by atoms with E-state index in [4.69, 9.17) is 26.8 Å². The van der Waals surface area contributed by atoms with E-state index in [0.717, 1.165) is 5.56 Å². The molecular formula is C16H18ClNO2. The van der Waals surface area contributed by atoms with Gasteiger partial charge in [-0.25, -0.2) is 0 Å². The highest BCUT2D eigenvalue weighted by Crippen LogP contribution is 2.33. The molecule has 3 nitrogen and oxygen atoms in total. The Hall–Kier alpha value is -1.87. The van der Waals surface area contributed by atoms with Crippen LogP contribution in [0.25, 0.3) is 0 Å². The number of halogens is 1. The third-order valence-electron chi connectivity index (χ3n) is 2.59. The van der Waals surface area contributed by atoms with Crippen molar-refractivity contribution >= 4 is 17.3 Å². The number of nitrogen functional groups attached to an aromatic ring is 1. The van der Waals surface area contributed by atoms with Crippen molar-refractivity contribution in [2.24, 2.45) is 0 Å². The summed E-state index contributed by atoms with van der Waals surface area (Å²) in [5.74, 6) is 1.88. The Morgan fingerprint density at radius 3 is 2.40 bits per heavy atom. The van der Waals surface area contributed by atoms with Crippen molar-refractivity contribution in [3.05, 3.63) is 47.0 Å². The smallest absolute Gasteiger partial charge is 0.146 e. The van der Waals surface area contributed by atoms with Crippen molar-refractivity contribution in [2.45, 2.75) is 26.9 Å². The minimum Gasteiger partial charge on any atom is -0.491 e. The lowest BCUT2D eigenvalue weighted by Gasteiger charge is -2.13. The molecule has 0 spiro atoms. The van der Waals surface area contributed by atoms with E-state index in [1.54, 1.807) is 18.2 Å². The number of hydrogen-bond donors (Lipinski definition) is 1. The number of anilines is 1. The zero-order chi connectivity index (χ0) is 14.7. The monoisotopic (exact) mass is 291 g/mol. The molecule has 0 bridgehead atoms. The molecular weight excluding hydrogens is 274 g/mol. The van der Waals surface area contributed by atoms with Crippen molar-refractivity contribution in [1.29, 1.82) is 0 Å². The number of benzene rings is 2. The summed E-state index contributed by atoms with van der Waals surface area (Å²) in [4.78, 5) is 0. The molecule has 0 saturated carbocycles. The Balaban J connectivity index is 2.26. The van der Waals surface area contributed by atoms with Crippen molar-refractivity contribution in [1.82, 2.24) is 0 Å². The van der Waals surface area contributed by atoms with Gasteiger partial charge in [-0.1, -0.05) is 17.7 Å². The summed E-state index contributed by atoms with van der Waals surface area (Å²) in [6.45, 7) is 5.89. The second kappa shape index (κ2) is 6.06. The first-order valence-corrected chi connectivity index (χ1v) is 6.83. The van der Waals surface area contributed by atoms with E-state index in [2.05, 4.69) is 0 Å². The lowest BCUT2D eigenvalue weighted by Crippen LogP contribution is -2.05. The Kier molecular flexibility index (Phi) is 4.40. The van der Waals surface area contributed by atoms with Crippen LogP contribution in [0.5, 0.6) is 17.2 Å².